The topological polar surface area (TPSA) is 110 Å². The van der Waals surface area contributed by atoms with Crippen molar-refractivity contribution in [2.24, 2.45) is 16.9 Å². The van der Waals surface area contributed by atoms with Gasteiger partial charge in [0.2, 0.25) is 17.7 Å². The summed E-state index contributed by atoms with van der Waals surface area (Å²) in [4.78, 5) is 39.4. The van der Waals surface area contributed by atoms with Gasteiger partial charge in [0.25, 0.3) is 0 Å². The first-order chi connectivity index (χ1) is 14.5. The van der Waals surface area contributed by atoms with Crippen LogP contribution in [0, 0.1) is 5.41 Å². The quantitative estimate of drug-likeness (QED) is 0.680. The second-order valence-electron chi connectivity index (χ2n) is 8.10. The number of primary amides is 2. The Balaban J connectivity index is 1.87. The van der Waals surface area contributed by atoms with Crippen molar-refractivity contribution >= 4 is 23.4 Å². The molecule has 0 spiro atoms. The van der Waals surface area contributed by atoms with Crippen LogP contribution in [0.15, 0.2) is 36.0 Å². The summed E-state index contributed by atoms with van der Waals surface area (Å²) in [5.41, 5.74) is 9.42. The summed E-state index contributed by atoms with van der Waals surface area (Å²) in [6.45, 7) is 1.12. The first-order valence-corrected chi connectivity index (χ1v) is 10.0. The van der Waals surface area contributed by atoms with Crippen molar-refractivity contribution in [2.75, 3.05) is 24.5 Å². The predicted octanol–water partition coefficient (Wildman–Crippen LogP) is 2.16. The number of nitrogens with zero attached hydrogens (tertiary/aromatic N) is 2. The minimum Gasteiger partial charge on any atom is -0.369 e. The molecule has 1 saturated heterocycles. The van der Waals surface area contributed by atoms with E-state index in [0.717, 1.165) is 18.6 Å². The number of halogens is 3. The van der Waals surface area contributed by atoms with E-state index in [9.17, 15) is 27.6 Å². The van der Waals surface area contributed by atoms with E-state index in [1.165, 1.54) is 23.2 Å². The fourth-order valence-corrected chi connectivity index (χ4v) is 4.21. The van der Waals surface area contributed by atoms with Crippen molar-refractivity contribution < 1.29 is 27.6 Å². The monoisotopic (exact) mass is 438 g/mol. The number of rotatable bonds is 7. The highest BCUT2D eigenvalue weighted by molar-refractivity contribution is 5.95. The fraction of sp³-hybridized carbons (Fsp3) is 0.476. The molecule has 2 aliphatic rings. The molecule has 3 rings (SSSR count). The largest absolute Gasteiger partial charge is 0.416 e. The molecule has 0 aromatic heterocycles. The maximum Gasteiger partial charge on any atom is 0.416 e. The second kappa shape index (κ2) is 8.60. The number of carbonyl (C=O) groups excluding carboxylic acids is 3. The molecule has 1 atom stereocenters. The van der Waals surface area contributed by atoms with Crippen LogP contribution in [0.4, 0.5) is 18.9 Å². The van der Waals surface area contributed by atoms with Crippen LogP contribution in [0.1, 0.15) is 37.7 Å². The molecular formula is C21H25F3N4O3. The molecule has 168 valence electrons. The van der Waals surface area contributed by atoms with E-state index in [4.69, 9.17) is 11.5 Å². The van der Waals surface area contributed by atoms with Crippen LogP contribution < -0.4 is 16.4 Å². The Hall–Kier alpha value is -3.04. The van der Waals surface area contributed by atoms with Crippen molar-refractivity contribution in [3.8, 4) is 0 Å². The Labute approximate surface area is 177 Å². The lowest BCUT2D eigenvalue weighted by atomic mass is 9.74. The number of amides is 3. The summed E-state index contributed by atoms with van der Waals surface area (Å²) in [5, 5.41) is 0. The zero-order valence-corrected chi connectivity index (χ0v) is 17.0. The number of nitrogens with two attached hydrogens (primary N) is 2. The van der Waals surface area contributed by atoms with E-state index in [1.54, 1.807) is 4.90 Å². The first-order valence-electron chi connectivity index (χ1n) is 10.0. The average Bonchev–Trinajstić information content (AvgIpc) is 3.12. The number of anilines is 1. The van der Waals surface area contributed by atoms with Gasteiger partial charge in [-0.25, -0.2) is 0 Å². The molecule has 7 nitrogen and oxygen atoms in total. The molecule has 0 aliphatic carbocycles. The highest BCUT2D eigenvalue weighted by atomic mass is 19.4. The summed E-state index contributed by atoms with van der Waals surface area (Å²) >= 11 is 0. The molecule has 0 bridgehead atoms. The fourth-order valence-electron chi connectivity index (χ4n) is 4.21. The van der Waals surface area contributed by atoms with Crippen molar-refractivity contribution in [1.82, 2.24) is 4.90 Å². The van der Waals surface area contributed by atoms with Gasteiger partial charge in [0.15, 0.2) is 0 Å². The molecule has 2 aliphatic heterocycles. The summed E-state index contributed by atoms with van der Waals surface area (Å²) in [6.07, 6.45) is -1.13. The van der Waals surface area contributed by atoms with Crippen LogP contribution >= 0.6 is 0 Å². The van der Waals surface area contributed by atoms with Gasteiger partial charge in [-0.3, -0.25) is 14.4 Å². The van der Waals surface area contributed by atoms with Crippen LogP contribution in [0.3, 0.4) is 0 Å². The summed E-state index contributed by atoms with van der Waals surface area (Å²) < 4.78 is 39.5. The Morgan fingerprint density at radius 2 is 1.94 bits per heavy atom. The molecule has 1 unspecified atom stereocenters. The van der Waals surface area contributed by atoms with Crippen molar-refractivity contribution in [2.45, 2.75) is 38.3 Å². The summed E-state index contributed by atoms with van der Waals surface area (Å²) in [5.74, 6) is -1.37. The Bertz CT molecular complexity index is 915. The predicted molar refractivity (Wildman–Crippen MR) is 107 cm³/mol. The summed E-state index contributed by atoms with van der Waals surface area (Å²) in [7, 11) is 0. The first kappa shape index (κ1) is 22.6. The maximum absolute atomic E-state index is 13.2. The molecule has 2 heterocycles. The SMILES string of the molecule is NC(=O)C1=CN(c2cccc(C(F)(F)F)c2)CC(CCCN2CCCC2=O)(C(N)=O)C1. The van der Waals surface area contributed by atoms with Gasteiger partial charge in [0.05, 0.1) is 11.0 Å². The second-order valence-corrected chi connectivity index (χ2v) is 8.10. The molecule has 10 heteroatoms. The zero-order chi connectivity index (χ0) is 22.8. The van der Waals surface area contributed by atoms with Gasteiger partial charge in [-0.05, 0) is 43.9 Å². The third-order valence-corrected chi connectivity index (χ3v) is 5.91. The highest BCUT2D eigenvalue weighted by Gasteiger charge is 2.43. The van der Waals surface area contributed by atoms with Gasteiger partial charge in [0.1, 0.15) is 0 Å². The number of alkyl halides is 3. The number of hydrogen-bond donors (Lipinski definition) is 2. The third-order valence-electron chi connectivity index (χ3n) is 5.91. The van der Waals surface area contributed by atoms with E-state index in [1.807, 2.05) is 0 Å². The lowest BCUT2D eigenvalue weighted by molar-refractivity contribution is -0.137. The minimum absolute atomic E-state index is 0.00107. The summed E-state index contributed by atoms with van der Waals surface area (Å²) in [6, 6.07) is 4.62. The molecule has 31 heavy (non-hydrogen) atoms. The van der Waals surface area contributed by atoms with E-state index < -0.39 is 29.0 Å². The van der Waals surface area contributed by atoms with E-state index in [0.29, 0.717) is 25.9 Å². The van der Waals surface area contributed by atoms with Crippen LogP contribution in [0.25, 0.3) is 0 Å². The molecule has 0 saturated carbocycles. The number of hydrogen-bond acceptors (Lipinski definition) is 4. The van der Waals surface area contributed by atoms with Crippen molar-refractivity contribution in [1.29, 1.82) is 0 Å². The molecule has 1 fully saturated rings. The molecule has 1 aromatic rings. The van der Waals surface area contributed by atoms with Gasteiger partial charge < -0.3 is 21.3 Å². The molecule has 1 aromatic carbocycles. The van der Waals surface area contributed by atoms with Gasteiger partial charge in [0, 0.05) is 43.5 Å². The normalized spacial score (nSPS) is 21.9. The van der Waals surface area contributed by atoms with Gasteiger partial charge in [-0.2, -0.15) is 13.2 Å². The Kier molecular flexibility index (Phi) is 6.28. The Morgan fingerprint density at radius 3 is 2.52 bits per heavy atom. The highest BCUT2D eigenvalue weighted by Crippen LogP contribution is 2.40. The number of carbonyl (C=O) groups is 3. The van der Waals surface area contributed by atoms with Crippen molar-refractivity contribution in [3.05, 3.63) is 41.6 Å². The van der Waals surface area contributed by atoms with Crippen molar-refractivity contribution in [3.63, 3.8) is 0 Å². The smallest absolute Gasteiger partial charge is 0.369 e. The van der Waals surface area contributed by atoms with E-state index in [-0.39, 0.29) is 36.6 Å². The standard InChI is InChI=1S/C21H25F3N4O3/c22-21(23,24)15-4-1-5-16(10-15)28-12-14(18(25)30)11-20(13-28,19(26)31)7-3-9-27-8-2-6-17(27)29/h1,4-5,10,12H,2-3,6-9,11,13H2,(H2,25,30)(H2,26,31). The zero-order valence-electron chi connectivity index (χ0n) is 17.0. The van der Waals surface area contributed by atoms with Gasteiger partial charge in [-0.15, -0.1) is 0 Å². The van der Waals surface area contributed by atoms with Gasteiger partial charge in [-0.1, -0.05) is 6.07 Å². The van der Waals surface area contributed by atoms with Crippen LogP contribution in [0.2, 0.25) is 0 Å². The minimum atomic E-state index is -4.54. The molecule has 0 radical (unpaired) electrons. The molecule has 4 N–H and O–H groups in total. The van der Waals surface area contributed by atoms with Gasteiger partial charge >= 0.3 is 6.18 Å². The maximum atomic E-state index is 13.2. The Morgan fingerprint density at radius 1 is 1.19 bits per heavy atom. The van der Waals surface area contributed by atoms with Crippen LogP contribution in [-0.2, 0) is 20.6 Å². The molecule has 3 amide bonds. The van der Waals surface area contributed by atoms with Crippen LogP contribution in [-0.4, -0.2) is 42.3 Å². The lowest BCUT2D eigenvalue weighted by Crippen LogP contribution is -2.49. The lowest BCUT2D eigenvalue weighted by Gasteiger charge is -2.40. The third kappa shape index (κ3) is 5.00. The van der Waals surface area contributed by atoms with E-state index >= 15 is 0 Å². The number of benzene rings is 1. The van der Waals surface area contributed by atoms with E-state index in [2.05, 4.69) is 0 Å². The van der Waals surface area contributed by atoms with Crippen LogP contribution in [0.5, 0.6) is 0 Å². The average molecular weight is 438 g/mol. The number of likely N-dealkylation sites (tertiary alicyclic amines) is 1. The molecular weight excluding hydrogens is 413 g/mol.